The van der Waals surface area contributed by atoms with Crippen LogP contribution in [0.3, 0.4) is 0 Å². The van der Waals surface area contributed by atoms with Gasteiger partial charge in [0.05, 0.1) is 9.10 Å². The molecule has 3 nitrogen and oxygen atoms in total. The van der Waals surface area contributed by atoms with E-state index in [-0.39, 0.29) is 0 Å². The highest BCUT2D eigenvalue weighted by Crippen LogP contribution is 2.42. The van der Waals surface area contributed by atoms with Crippen LogP contribution < -0.4 is 4.90 Å². The van der Waals surface area contributed by atoms with Crippen LogP contribution in [0, 0.1) is 0 Å². The monoisotopic (exact) mass is 394 g/mol. The van der Waals surface area contributed by atoms with Crippen molar-refractivity contribution in [1.82, 2.24) is 4.31 Å². The van der Waals surface area contributed by atoms with Crippen molar-refractivity contribution in [2.75, 3.05) is 32.1 Å². The Balaban J connectivity index is 1.75. The molecule has 2 aromatic rings. The largest absolute Gasteiger partial charge is 0.371 e. The van der Waals surface area contributed by atoms with Crippen LogP contribution in [0.2, 0.25) is 0 Å². The van der Waals surface area contributed by atoms with Gasteiger partial charge in [0.25, 0.3) is 0 Å². The fourth-order valence-corrected chi connectivity index (χ4v) is 6.58. The van der Waals surface area contributed by atoms with Gasteiger partial charge < -0.3 is 4.90 Å². The highest BCUT2D eigenvalue weighted by atomic mass is 32.2. The SMILES string of the molecule is CC(Sc1cc(S(=O)N(C)C)cs1)c1ccccc1N1CCCCC1. The summed E-state index contributed by atoms with van der Waals surface area (Å²) in [5, 5.41) is 2.39. The number of benzene rings is 1. The number of thioether (sulfide) groups is 1. The molecule has 0 radical (unpaired) electrons. The van der Waals surface area contributed by atoms with Crippen molar-refractivity contribution in [3.05, 3.63) is 41.3 Å². The van der Waals surface area contributed by atoms with Gasteiger partial charge >= 0.3 is 0 Å². The van der Waals surface area contributed by atoms with E-state index in [2.05, 4.69) is 42.2 Å². The molecule has 0 amide bonds. The van der Waals surface area contributed by atoms with Crippen LogP contribution in [0.15, 0.2) is 44.8 Å². The molecule has 1 aromatic carbocycles. The van der Waals surface area contributed by atoms with Gasteiger partial charge in [0.15, 0.2) is 0 Å². The van der Waals surface area contributed by atoms with Gasteiger partial charge in [-0.2, -0.15) is 0 Å². The molecule has 3 rings (SSSR count). The zero-order chi connectivity index (χ0) is 17.8. The molecule has 0 bridgehead atoms. The van der Waals surface area contributed by atoms with Crippen LogP contribution in [0.1, 0.15) is 37.0 Å². The molecule has 1 aromatic heterocycles. The Bertz CT molecular complexity index is 723. The van der Waals surface area contributed by atoms with Gasteiger partial charge in [0.2, 0.25) is 0 Å². The molecule has 1 aliphatic rings. The van der Waals surface area contributed by atoms with Crippen molar-refractivity contribution in [2.24, 2.45) is 0 Å². The van der Waals surface area contributed by atoms with E-state index >= 15 is 0 Å². The first-order chi connectivity index (χ1) is 12.1. The van der Waals surface area contributed by atoms with Crippen molar-refractivity contribution in [1.29, 1.82) is 0 Å². The summed E-state index contributed by atoms with van der Waals surface area (Å²) in [4.78, 5) is 3.44. The molecule has 2 atom stereocenters. The van der Waals surface area contributed by atoms with Gasteiger partial charge in [-0.1, -0.05) is 18.2 Å². The Morgan fingerprint density at radius 3 is 2.64 bits per heavy atom. The molecule has 1 saturated heterocycles. The fraction of sp³-hybridized carbons (Fsp3) is 0.474. The first-order valence-electron chi connectivity index (χ1n) is 8.74. The molecule has 2 unspecified atom stereocenters. The van der Waals surface area contributed by atoms with E-state index < -0.39 is 11.0 Å². The summed E-state index contributed by atoms with van der Waals surface area (Å²) in [6, 6.07) is 10.9. The third-order valence-corrected chi connectivity index (χ3v) is 8.16. The van der Waals surface area contributed by atoms with Gasteiger partial charge in [-0.15, -0.1) is 23.1 Å². The second-order valence-corrected chi connectivity index (χ2v) is 10.8. The fourth-order valence-electron chi connectivity index (χ4n) is 3.16. The number of hydrogen-bond donors (Lipinski definition) is 0. The van der Waals surface area contributed by atoms with Gasteiger partial charge in [-0.05, 0) is 58.0 Å². The minimum absolute atomic E-state index is 0.373. The summed E-state index contributed by atoms with van der Waals surface area (Å²) in [5.41, 5.74) is 2.79. The average molecular weight is 395 g/mol. The van der Waals surface area contributed by atoms with Gasteiger partial charge in [-0.3, -0.25) is 0 Å². The summed E-state index contributed by atoms with van der Waals surface area (Å²) in [7, 11) is 2.63. The zero-order valence-corrected chi connectivity index (χ0v) is 17.6. The van der Waals surface area contributed by atoms with Crippen molar-refractivity contribution in [3.63, 3.8) is 0 Å². The molecule has 1 aliphatic heterocycles. The van der Waals surface area contributed by atoms with Crippen LogP contribution >= 0.6 is 23.1 Å². The third-order valence-electron chi connectivity index (χ3n) is 4.45. The van der Waals surface area contributed by atoms with Crippen LogP contribution in [-0.4, -0.2) is 35.7 Å². The standard InChI is InChI=1S/C19H26N2OS3/c1-15(24-19-13-16(14-23-19)25(22)20(2)3)17-9-5-6-10-18(17)21-11-7-4-8-12-21/h5-6,9-10,13-15H,4,7-8,11-12H2,1-3H3. The molecular formula is C19H26N2OS3. The van der Waals surface area contributed by atoms with E-state index in [0.29, 0.717) is 5.25 Å². The number of para-hydroxylation sites is 1. The second kappa shape index (κ2) is 8.71. The third kappa shape index (κ3) is 4.67. The molecule has 0 N–H and O–H groups in total. The predicted octanol–water partition coefficient (Wildman–Crippen LogP) is 5.18. The summed E-state index contributed by atoms with van der Waals surface area (Å²) in [6.07, 6.45) is 3.94. The minimum Gasteiger partial charge on any atom is -0.371 e. The maximum atomic E-state index is 12.2. The minimum atomic E-state index is -1.06. The maximum absolute atomic E-state index is 12.2. The van der Waals surface area contributed by atoms with E-state index in [1.165, 1.54) is 47.8 Å². The maximum Gasteiger partial charge on any atom is 0.127 e. The summed E-state index contributed by atoms with van der Waals surface area (Å²) in [6.45, 7) is 4.61. The number of thiophene rings is 1. The van der Waals surface area contributed by atoms with Gasteiger partial charge in [-0.25, -0.2) is 8.51 Å². The average Bonchev–Trinajstić information content (AvgIpc) is 3.10. The molecular weight excluding hydrogens is 368 g/mol. The number of anilines is 1. The Kier molecular flexibility index (Phi) is 6.61. The molecule has 0 saturated carbocycles. The number of rotatable bonds is 6. The van der Waals surface area contributed by atoms with E-state index in [0.717, 1.165) is 4.90 Å². The van der Waals surface area contributed by atoms with Crippen molar-refractivity contribution < 1.29 is 4.21 Å². The first-order valence-corrected chi connectivity index (χ1v) is 11.6. The lowest BCUT2D eigenvalue weighted by Crippen LogP contribution is -2.30. The second-order valence-electron chi connectivity index (χ2n) is 6.53. The summed E-state index contributed by atoms with van der Waals surface area (Å²) < 4.78 is 15.2. The van der Waals surface area contributed by atoms with Crippen LogP contribution in [0.4, 0.5) is 5.69 Å². The lowest BCUT2D eigenvalue weighted by atomic mass is 10.1. The van der Waals surface area contributed by atoms with Gasteiger partial charge in [0.1, 0.15) is 11.0 Å². The summed E-state index contributed by atoms with van der Waals surface area (Å²) >= 11 is 3.55. The molecule has 6 heteroatoms. The van der Waals surface area contributed by atoms with Gasteiger partial charge in [0, 0.05) is 29.4 Å². The topological polar surface area (TPSA) is 23.6 Å². The zero-order valence-electron chi connectivity index (χ0n) is 15.1. The van der Waals surface area contributed by atoms with Crippen molar-refractivity contribution in [3.8, 4) is 0 Å². The lowest BCUT2D eigenvalue weighted by Gasteiger charge is -2.31. The smallest absolute Gasteiger partial charge is 0.127 e. The van der Waals surface area contributed by atoms with E-state index in [9.17, 15) is 4.21 Å². The highest BCUT2D eigenvalue weighted by Gasteiger charge is 2.19. The number of hydrogen-bond acceptors (Lipinski definition) is 4. The van der Waals surface area contributed by atoms with E-state index in [1.54, 1.807) is 15.6 Å². The molecule has 1 fully saturated rings. The molecule has 25 heavy (non-hydrogen) atoms. The van der Waals surface area contributed by atoms with E-state index in [1.807, 2.05) is 31.2 Å². The predicted molar refractivity (Wildman–Crippen MR) is 111 cm³/mol. The lowest BCUT2D eigenvalue weighted by molar-refractivity contribution is 0.576. The van der Waals surface area contributed by atoms with Crippen LogP contribution in [0.5, 0.6) is 0 Å². The first kappa shape index (κ1) is 19.0. The normalized spacial score (nSPS) is 17.7. The number of piperidine rings is 1. The Hall–Kier alpha value is -0.820. The number of nitrogens with zero attached hydrogens (tertiary/aromatic N) is 2. The summed E-state index contributed by atoms with van der Waals surface area (Å²) in [5.74, 6) is 0. The highest BCUT2D eigenvalue weighted by molar-refractivity contribution is 8.01. The Morgan fingerprint density at radius 2 is 1.92 bits per heavy atom. The molecule has 136 valence electrons. The molecule has 0 spiro atoms. The Labute approximate surface area is 162 Å². The Morgan fingerprint density at radius 1 is 1.20 bits per heavy atom. The van der Waals surface area contributed by atoms with Crippen molar-refractivity contribution >= 4 is 39.8 Å². The van der Waals surface area contributed by atoms with E-state index in [4.69, 9.17) is 0 Å². The van der Waals surface area contributed by atoms with Crippen LogP contribution in [-0.2, 0) is 11.0 Å². The molecule has 2 heterocycles. The van der Waals surface area contributed by atoms with Crippen molar-refractivity contribution in [2.45, 2.75) is 40.5 Å². The quantitative estimate of drug-likeness (QED) is 0.631. The van der Waals surface area contributed by atoms with Crippen LogP contribution in [0.25, 0.3) is 0 Å². The molecule has 0 aliphatic carbocycles.